The van der Waals surface area contributed by atoms with E-state index >= 15 is 0 Å². The lowest BCUT2D eigenvalue weighted by atomic mass is 9.75. The lowest BCUT2D eigenvalue weighted by Gasteiger charge is -2.31. The highest BCUT2D eigenvalue weighted by Gasteiger charge is 2.45. The van der Waals surface area contributed by atoms with Crippen molar-refractivity contribution in [1.82, 2.24) is 10.6 Å². The van der Waals surface area contributed by atoms with E-state index in [-0.39, 0.29) is 11.3 Å². The maximum absolute atomic E-state index is 12.1. The largest absolute Gasteiger partial charge is 0.353 e. The van der Waals surface area contributed by atoms with Crippen LogP contribution in [0.1, 0.15) is 33.1 Å². The summed E-state index contributed by atoms with van der Waals surface area (Å²) in [5, 5.41) is 6.45. The van der Waals surface area contributed by atoms with Gasteiger partial charge in [-0.15, -0.1) is 0 Å². The van der Waals surface area contributed by atoms with Gasteiger partial charge in [-0.3, -0.25) is 4.79 Å². The van der Waals surface area contributed by atoms with Gasteiger partial charge < -0.3 is 10.6 Å². The number of amides is 1. The van der Waals surface area contributed by atoms with Crippen LogP contribution in [0.15, 0.2) is 0 Å². The summed E-state index contributed by atoms with van der Waals surface area (Å²) in [5.41, 5.74) is -0.136. The zero-order valence-corrected chi connectivity index (χ0v) is 9.10. The molecule has 1 aliphatic carbocycles. The molecule has 0 aromatic heterocycles. The molecule has 1 heterocycles. The predicted octanol–water partition coefficient (Wildman–Crippen LogP) is 0.901. The van der Waals surface area contributed by atoms with Crippen LogP contribution in [-0.4, -0.2) is 25.0 Å². The Hall–Kier alpha value is -0.570. The van der Waals surface area contributed by atoms with Crippen LogP contribution in [0.3, 0.4) is 0 Å². The Morgan fingerprint density at radius 3 is 2.64 bits per heavy atom. The van der Waals surface area contributed by atoms with E-state index in [4.69, 9.17) is 0 Å². The van der Waals surface area contributed by atoms with Crippen LogP contribution < -0.4 is 10.6 Å². The number of nitrogens with one attached hydrogen (secondary N) is 2. The highest BCUT2D eigenvalue weighted by atomic mass is 16.2. The molecule has 0 spiro atoms. The van der Waals surface area contributed by atoms with Gasteiger partial charge in [-0.1, -0.05) is 13.8 Å². The van der Waals surface area contributed by atoms with Gasteiger partial charge >= 0.3 is 0 Å². The van der Waals surface area contributed by atoms with Gasteiger partial charge in [0.1, 0.15) is 0 Å². The third-order valence-corrected chi connectivity index (χ3v) is 3.66. The minimum absolute atomic E-state index is 0.136. The van der Waals surface area contributed by atoms with Gasteiger partial charge in [-0.2, -0.15) is 0 Å². The van der Waals surface area contributed by atoms with Crippen molar-refractivity contribution in [2.24, 2.45) is 11.3 Å². The molecule has 1 aliphatic heterocycles. The topological polar surface area (TPSA) is 41.1 Å². The Morgan fingerprint density at radius 2 is 2.21 bits per heavy atom. The van der Waals surface area contributed by atoms with Crippen LogP contribution in [0.25, 0.3) is 0 Å². The second-order valence-electron chi connectivity index (χ2n) is 4.99. The van der Waals surface area contributed by atoms with E-state index in [0.29, 0.717) is 12.0 Å². The molecule has 0 bridgehead atoms. The summed E-state index contributed by atoms with van der Waals surface area (Å²) in [6.07, 6.45) is 3.34. The zero-order valence-electron chi connectivity index (χ0n) is 9.10. The first-order valence-corrected chi connectivity index (χ1v) is 5.67. The fraction of sp³-hybridized carbons (Fsp3) is 0.909. The molecule has 2 aliphatic rings. The van der Waals surface area contributed by atoms with Gasteiger partial charge in [0, 0.05) is 12.6 Å². The average Bonchev–Trinajstić information content (AvgIpc) is 2.82. The molecule has 2 N–H and O–H groups in total. The molecular formula is C11H20N2O. The van der Waals surface area contributed by atoms with Crippen LogP contribution in [0, 0.1) is 11.3 Å². The van der Waals surface area contributed by atoms with E-state index in [9.17, 15) is 4.79 Å². The van der Waals surface area contributed by atoms with Crippen LogP contribution >= 0.6 is 0 Å². The smallest absolute Gasteiger partial charge is 0.228 e. The van der Waals surface area contributed by atoms with Crippen molar-refractivity contribution in [3.8, 4) is 0 Å². The number of rotatable bonds is 3. The number of carbonyl (C=O) groups excluding carboxylic acids is 1. The highest BCUT2D eigenvalue weighted by molar-refractivity contribution is 5.84. The summed E-state index contributed by atoms with van der Waals surface area (Å²) in [5.74, 6) is 0.705. The van der Waals surface area contributed by atoms with Gasteiger partial charge in [-0.25, -0.2) is 0 Å². The van der Waals surface area contributed by atoms with E-state index in [2.05, 4.69) is 24.5 Å². The van der Waals surface area contributed by atoms with Gasteiger partial charge in [0.2, 0.25) is 5.91 Å². The van der Waals surface area contributed by atoms with Gasteiger partial charge in [0.15, 0.2) is 0 Å². The monoisotopic (exact) mass is 196 g/mol. The lowest BCUT2D eigenvalue weighted by Crippen LogP contribution is -2.46. The fourth-order valence-corrected chi connectivity index (χ4v) is 2.22. The van der Waals surface area contributed by atoms with Gasteiger partial charge in [0.25, 0.3) is 0 Å². The average molecular weight is 196 g/mol. The van der Waals surface area contributed by atoms with E-state index in [1.165, 1.54) is 12.8 Å². The SMILES string of the molecule is CC(C)C1(C(=O)NC2CC2)CCNC1. The van der Waals surface area contributed by atoms with Crippen molar-refractivity contribution in [3.05, 3.63) is 0 Å². The number of hydrogen-bond acceptors (Lipinski definition) is 2. The molecule has 1 amide bonds. The fourth-order valence-electron chi connectivity index (χ4n) is 2.22. The van der Waals surface area contributed by atoms with Crippen LogP contribution in [0.2, 0.25) is 0 Å². The molecule has 1 saturated carbocycles. The van der Waals surface area contributed by atoms with E-state index < -0.39 is 0 Å². The van der Waals surface area contributed by atoms with Crippen molar-refractivity contribution < 1.29 is 4.79 Å². The minimum atomic E-state index is -0.136. The standard InChI is InChI=1S/C11H20N2O/c1-8(2)11(5-6-12-7-11)10(14)13-9-3-4-9/h8-9,12H,3-7H2,1-2H3,(H,13,14). The third kappa shape index (κ3) is 1.65. The summed E-state index contributed by atoms with van der Waals surface area (Å²) in [7, 11) is 0. The Balaban J connectivity index is 2.04. The summed E-state index contributed by atoms with van der Waals surface area (Å²) < 4.78 is 0. The second-order valence-corrected chi connectivity index (χ2v) is 4.99. The van der Waals surface area contributed by atoms with E-state index in [1.54, 1.807) is 0 Å². The van der Waals surface area contributed by atoms with Crippen molar-refractivity contribution >= 4 is 5.91 Å². The number of carbonyl (C=O) groups is 1. The maximum atomic E-state index is 12.1. The Bertz CT molecular complexity index is 227. The zero-order chi connectivity index (χ0) is 10.2. The molecule has 3 heteroatoms. The summed E-state index contributed by atoms with van der Waals surface area (Å²) in [4.78, 5) is 12.1. The summed E-state index contributed by atoms with van der Waals surface area (Å²) in [6, 6.07) is 0.485. The molecule has 80 valence electrons. The first-order chi connectivity index (χ1) is 6.65. The Kier molecular flexibility index (Phi) is 2.52. The van der Waals surface area contributed by atoms with Crippen LogP contribution in [0.4, 0.5) is 0 Å². The minimum Gasteiger partial charge on any atom is -0.353 e. The molecule has 1 unspecified atom stereocenters. The van der Waals surface area contributed by atoms with Crippen molar-refractivity contribution in [2.45, 2.75) is 39.2 Å². The number of hydrogen-bond donors (Lipinski definition) is 2. The summed E-state index contributed by atoms with van der Waals surface area (Å²) >= 11 is 0. The highest BCUT2D eigenvalue weighted by Crippen LogP contribution is 2.35. The molecule has 0 aromatic carbocycles. The van der Waals surface area contributed by atoms with Crippen LogP contribution in [-0.2, 0) is 4.79 Å². The first-order valence-electron chi connectivity index (χ1n) is 5.67. The van der Waals surface area contributed by atoms with Gasteiger partial charge in [0.05, 0.1) is 5.41 Å². The molecule has 1 atom stereocenters. The maximum Gasteiger partial charge on any atom is 0.228 e. The molecule has 2 fully saturated rings. The third-order valence-electron chi connectivity index (χ3n) is 3.66. The van der Waals surface area contributed by atoms with Crippen molar-refractivity contribution in [1.29, 1.82) is 0 Å². The van der Waals surface area contributed by atoms with Crippen molar-refractivity contribution in [3.63, 3.8) is 0 Å². The predicted molar refractivity (Wildman–Crippen MR) is 55.9 cm³/mol. The first kappa shape index (κ1) is 9.97. The molecule has 2 rings (SSSR count). The molecule has 3 nitrogen and oxygen atoms in total. The van der Waals surface area contributed by atoms with E-state index in [0.717, 1.165) is 19.5 Å². The van der Waals surface area contributed by atoms with E-state index in [1.807, 2.05) is 0 Å². The molecule has 0 radical (unpaired) electrons. The quantitative estimate of drug-likeness (QED) is 0.704. The van der Waals surface area contributed by atoms with Crippen molar-refractivity contribution in [2.75, 3.05) is 13.1 Å². The van der Waals surface area contributed by atoms with Gasteiger partial charge in [-0.05, 0) is 31.7 Å². The second kappa shape index (κ2) is 3.54. The summed E-state index contributed by atoms with van der Waals surface area (Å²) in [6.45, 7) is 6.14. The molecule has 1 saturated heterocycles. The van der Waals surface area contributed by atoms with Crippen LogP contribution in [0.5, 0.6) is 0 Å². The Morgan fingerprint density at radius 1 is 1.50 bits per heavy atom. The lowest BCUT2D eigenvalue weighted by molar-refractivity contribution is -0.132. The normalized spacial score (nSPS) is 32.2. The molecule has 0 aromatic rings. The Labute approximate surface area is 85.6 Å². The molecular weight excluding hydrogens is 176 g/mol. The molecule has 14 heavy (non-hydrogen) atoms.